The Morgan fingerprint density at radius 1 is 1.14 bits per heavy atom. The Morgan fingerprint density at radius 2 is 1.79 bits per heavy atom. The quantitative estimate of drug-likeness (QED) is 0.332. The van der Waals surface area contributed by atoms with E-state index >= 15 is 0 Å². The van der Waals surface area contributed by atoms with Gasteiger partial charge in [0.1, 0.15) is 17.6 Å². The molecule has 4 saturated carbocycles. The van der Waals surface area contributed by atoms with Gasteiger partial charge < -0.3 is 24.8 Å². The third kappa shape index (κ3) is 1.54. The lowest BCUT2D eigenvalue weighted by molar-refractivity contribution is -0.381. The van der Waals surface area contributed by atoms with Crippen LogP contribution in [-0.2, 0) is 19.1 Å². The Morgan fingerprint density at radius 3 is 2.39 bits per heavy atom. The molecule has 28 heavy (non-hydrogen) atoms. The largest absolute Gasteiger partial charge is 0.391 e. The Hall–Kier alpha value is -1.12. The van der Waals surface area contributed by atoms with Crippen molar-refractivity contribution in [3.05, 3.63) is 12.2 Å². The molecule has 0 aromatic rings. The van der Waals surface area contributed by atoms with E-state index in [0.29, 0.717) is 12.8 Å². The van der Waals surface area contributed by atoms with Gasteiger partial charge in [0.15, 0.2) is 11.6 Å². The lowest BCUT2D eigenvalue weighted by Crippen LogP contribution is -2.80. The standard InChI is InChI=1S/C21H28O7/c1-8-9-6-7-10-19(4)12(18(2,3)17-11(28-17)15(19)24)16(25)21(26,27-5)20(10,13(8)22)14(9)23/h9-12,14,16-17,23,25-26H,1,6-7H2,2-5H3/t9-,10-,11?,12+,14+,16-,17?,19-,20-,21+/m0/s1. The number of hydrogen-bond acceptors (Lipinski definition) is 7. The van der Waals surface area contributed by atoms with Crippen LogP contribution < -0.4 is 0 Å². The number of rotatable bonds is 1. The van der Waals surface area contributed by atoms with E-state index < -0.39 is 63.9 Å². The molecule has 4 aliphatic carbocycles. The Kier molecular flexibility index (Phi) is 3.34. The summed E-state index contributed by atoms with van der Waals surface area (Å²) in [5, 5.41) is 34.4. The molecule has 10 atom stereocenters. The van der Waals surface area contributed by atoms with Crippen LogP contribution in [0.3, 0.4) is 0 Å². The van der Waals surface area contributed by atoms with E-state index in [1.807, 2.05) is 13.8 Å². The van der Waals surface area contributed by atoms with E-state index in [-0.39, 0.29) is 17.5 Å². The predicted molar refractivity (Wildman–Crippen MR) is 95.8 cm³/mol. The van der Waals surface area contributed by atoms with Crippen molar-refractivity contribution in [2.24, 2.45) is 34.0 Å². The molecule has 0 amide bonds. The summed E-state index contributed by atoms with van der Waals surface area (Å²) in [4.78, 5) is 27.0. The topological polar surface area (TPSA) is 117 Å². The van der Waals surface area contributed by atoms with E-state index in [2.05, 4.69) is 6.58 Å². The number of methoxy groups -OCH3 is 1. The number of hydrogen-bond donors (Lipinski definition) is 3. The molecule has 1 heterocycles. The van der Waals surface area contributed by atoms with E-state index in [0.717, 1.165) is 0 Å². The molecule has 3 N–H and O–H groups in total. The molecule has 0 aromatic heterocycles. The number of fused-ring (bicyclic) bond motifs is 4. The minimum atomic E-state index is -2.32. The van der Waals surface area contributed by atoms with Crippen LogP contribution in [0.4, 0.5) is 0 Å². The van der Waals surface area contributed by atoms with Crippen LogP contribution in [0.5, 0.6) is 0 Å². The molecule has 1 saturated heterocycles. The molecule has 1 aliphatic heterocycles. The van der Waals surface area contributed by atoms with Crippen molar-refractivity contribution in [1.29, 1.82) is 0 Å². The highest BCUT2D eigenvalue weighted by molar-refractivity contribution is 6.06. The maximum absolute atomic E-state index is 13.5. The summed E-state index contributed by atoms with van der Waals surface area (Å²) < 4.78 is 11.2. The number of aliphatic hydroxyl groups is 3. The molecule has 7 heteroatoms. The molecule has 5 fully saturated rings. The van der Waals surface area contributed by atoms with Crippen LogP contribution >= 0.6 is 0 Å². The van der Waals surface area contributed by atoms with Crippen LogP contribution in [0, 0.1) is 34.0 Å². The van der Waals surface area contributed by atoms with Crippen molar-refractivity contribution in [1.82, 2.24) is 0 Å². The highest BCUT2D eigenvalue weighted by Crippen LogP contribution is 2.74. The fourth-order valence-electron chi connectivity index (χ4n) is 7.91. The molecule has 5 rings (SSSR count). The van der Waals surface area contributed by atoms with Gasteiger partial charge in [-0.05, 0) is 24.3 Å². The zero-order valence-corrected chi connectivity index (χ0v) is 16.6. The summed E-state index contributed by atoms with van der Waals surface area (Å²) in [6, 6.07) is 0. The third-order valence-corrected chi connectivity index (χ3v) is 9.08. The SMILES string of the molecule is C=C1C(=O)[C@]23[C@H](O)[C@H]1CC[C@H]2[C@]1(C)C(=O)C2OC2C(C)(C)[C@H]1[C@H](O)[C@@]3(O)OC. The highest BCUT2D eigenvalue weighted by atomic mass is 16.6. The van der Waals surface area contributed by atoms with Gasteiger partial charge in [0.2, 0.25) is 5.79 Å². The predicted octanol–water partition coefficient (Wildman–Crippen LogP) is 0.207. The molecular weight excluding hydrogens is 364 g/mol. The van der Waals surface area contributed by atoms with E-state index in [9.17, 15) is 24.9 Å². The average Bonchev–Trinajstić information content (AvgIpc) is 3.43. The summed E-state index contributed by atoms with van der Waals surface area (Å²) >= 11 is 0. The van der Waals surface area contributed by atoms with Crippen molar-refractivity contribution in [2.75, 3.05) is 7.11 Å². The first-order valence-corrected chi connectivity index (χ1v) is 10.0. The summed E-state index contributed by atoms with van der Waals surface area (Å²) in [5.74, 6) is -4.86. The number of aliphatic hydroxyl groups excluding tert-OH is 2. The monoisotopic (exact) mass is 392 g/mol. The number of ketones is 2. The molecule has 154 valence electrons. The van der Waals surface area contributed by atoms with E-state index in [1.54, 1.807) is 6.92 Å². The Labute approximate surface area is 163 Å². The minimum Gasteiger partial charge on any atom is -0.391 e. The zero-order chi connectivity index (χ0) is 20.6. The van der Waals surface area contributed by atoms with Gasteiger partial charge in [-0.15, -0.1) is 0 Å². The Bertz CT molecular complexity index is 820. The van der Waals surface area contributed by atoms with Crippen molar-refractivity contribution in [3.8, 4) is 0 Å². The van der Waals surface area contributed by atoms with Crippen molar-refractivity contribution in [3.63, 3.8) is 0 Å². The van der Waals surface area contributed by atoms with E-state index in [1.165, 1.54) is 7.11 Å². The second-order valence-electron chi connectivity index (χ2n) is 10.2. The van der Waals surface area contributed by atoms with Gasteiger partial charge in [0.25, 0.3) is 0 Å². The number of Topliss-reactive ketones (excluding diaryl/α,β-unsaturated/α-hetero) is 2. The second-order valence-corrected chi connectivity index (χ2v) is 10.2. The van der Waals surface area contributed by atoms with Crippen LogP contribution in [0.2, 0.25) is 0 Å². The smallest absolute Gasteiger partial charge is 0.208 e. The average molecular weight is 392 g/mol. The molecular formula is C21H28O7. The molecule has 5 aliphatic rings. The van der Waals surface area contributed by atoms with Gasteiger partial charge in [-0.2, -0.15) is 0 Å². The summed E-state index contributed by atoms with van der Waals surface area (Å²) in [7, 11) is 1.23. The maximum atomic E-state index is 13.5. The van der Waals surface area contributed by atoms with Gasteiger partial charge in [-0.1, -0.05) is 27.4 Å². The maximum Gasteiger partial charge on any atom is 0.208 e. The number of ether oxygens (including phenoxy) is 2. The molecule has 1 spiro atoms. The van der Waals surface area contributed by atoms with Crippen molar-refractivity contribution < 1.29 is 34.4 Å². The van der Waals surface area contributed by atoms with E-state index in [4.69, 9.17) is 9.47 Å². The normalized spacial score (nSPS) is 58.8. The number of carbonyl (C=O) groups is 2. The molecule has 7 nitrogen and oxygen atoms in total. The Balaban J connectivity index is 1.82. The first-order chi connectivity index (χ1) is 12.9. The number of epoxide rings is 1. The first-order valence-electron chi connectivity index (χ1n) is 10.0. The minimum absolute atomic E-state index is 0.153. The number of carbonyl (C=O) groups excluding carboxylic acids is 2. The van der Waals surface area contributed by atoms with Gasteiger partial charge in [-0.3, -0.25) is 9.59 Å². The van der Waals surface area contributed by atoms with Gasteiger partial charge >= 0.3 is 0 Å². The van der Waals surface area contributed by atoms with Gasteiger partial charge in [-0.25, -0.2) is 0 Å². The summed E-state index contributed by atoms with van der Waals surface area (Å²) in [6.45, 7) is 9.48. The fraction of sp³-hybridized carbons (Fsp3) is 0.810. The first kappa shape index (κ1) is 18.9. The van der Waals surface area contributed by atoms with Crippen LogP contribution in [0.25, 0.3) is 0 Å². The van der Waals surface area contributed by atoms with Crippen molar-refractivity contribution >= 4 is 11.6 Å². The molecule has 0 aromatic carbocycles. The van der Waals surface area contributed by atoms with Crippen LogP contribution in [0.1, 0.15) is 33.6 Å². The fourth-order valence-corrected chi connectivity index (χ4v) is 7.91. The summed E-state index contributed by atoms with van der Waals surface area (Å²) in [5.41, 5.74) is -3.35. The lowest BCUT2D eigenvalue weighted by Gasteiger charge is -2.67. The third-order valence-electron chi connectivity index (χ3n) is 9.08. The zero-order valence-electron chi connectivity index (χ0n) is 16.6. The lowest BCUT2D eigenvalue weighted by atomic mass is 9.37. The molecule has 2 unspecified atom stereocenters. The van der Waals surface area contributed by atoms with Gasteiger partial charge in [0, 0.05) is 29.8 Å². The van der Waals surface area contributed by atoms with Crippen molar-refractivity contribution in [2.45, 2.75) is 63.8 Å². The second kappa shape index (κ2) is 4.95. The molecule has 0 radical (unpaired) electrons. The molecule has 2 bridgehead atoms. The summed E-state index contributed by atoms with van der Waals surface area (Å²) in [6.07, 6.45) is -2.76. The van der Waals surface area contributed by atoms with Crippen LogP contribution in [0.15, 0.2) is 12.2 Å². The van der Waals surface area contributed by atoms with Gasteiger partial charge in [0.05, 0.1) is 12.2 Å². The highest BCUT2D eigenvalue weighted by Gasteiger charge is 2.86. The van der Waals surface area contributed by atoms with Crippen LogP contribution in [-0.4, -0.2) is 64.2 Å².